The summed E-state index contributed by atoms with van der Waals surface area (Å²) in [5, 5.41) is 11.3. The SMILES string of the molecule is O=C(c1cccc2c1OCO2)N1CCN(c2ccc(C(F)(F)F)cc2[N+](=O)[O-])CC1. The number of amides is 1. The van der Waals surface area contributed by atoms with Crippen molar-refractivity contribution in [3.8, 4) is 11.5 Å². The molecule has 0 atom stereocenters. The predicted molar refractivity (Wildman–Crippen MR) is 98.8 cm³/mol. The maximum Gasteiger partial charge on any atom is 0.416 e. The predicted octanol–water partition coefficient (Wildman–Crippen LogP) is 3.30. The summed E-state index contributed by atoms with van der Waals surface area (Å²) in [4.78, 5) is 26.6. The van der Waals surface area contributed by atoms with Gasteiger partial charge in [0.2, 0.25) is 6.79 Å². The minimum Gasteiger partial charge on any atom is -0.454 e. The van der Waals surface area contributed by atoms with Crippen molar-refractivity contribution < 1.29 is 32.4 Å². The molecule has 2 aliphatic heterocycles. The van der Waals surface area contributed by atoms with E-state index >= 15 is 0 Å². The van der Waals surface area contributed by atoms with Gasteiger partial charge < -0.3 is 19.3 Å². The molecular weight excluding hydrogens is 407 g/mol. The summed E-state index contributed by atoms with van der Waals surface area (Å²) in [6.07, 6.45) is -4.67. The minimum atomic E-state index is -4.67. The fourth-order valence-electron chi connectivity index (χ4n) is 3.53. The molecule has 2 heterocycles. The summed E-state index contributed by atoms with van der Waals surface area (Å²) in [5.41, 5.74) is -1.24. The van der Waals surface area contributed by atoms with Gasteiger partial charge >= 0.3 is 6.18 Å². The molecule has 2 aromatic carbocycles. The Morgan fingerprint density at radius 1 is 1.07 bits per heavy atom. The van der Waals surface area contributed by atoms with Crippen LogP contribution in [0.1, 0.15) is 15.9 Å². The molecule has 1 amide bonds. The third-order valence-electron chi connectivity index (χ3n) is 5.03. The number of piperazine rings is 1. The smallest absolute Gasteiger partial charge is 0.416 e. The zero-order valence-electron chi connectivity index (χ0n) is 15.5. The summed E-state index contributed by atoms with van der Waals surface area (Å²) < 4.78 is 49.3. The Balaban J connectivity index is 1.51. The summed E-state index contributed by atoms with van der Waals surface area (Å²) >= 11 is 0. The standard InChI is InChI=1S/C19H16F3N3O5/c20-19(21,22)12-4-5-14(15(10-12)25(27)28)23-6-8-24(9-7-23)18(26)13-2-1-3-16-17(13)30-11-29-16/h1-5,10H,6-9,11H2. The summed E-state index contributed by atoms with van der Waals surface area (Å²) in [5.74, 6) is 0.599. The van der Waals surface area contributed by atoms with Crippen molar-refractivity contribution in [3.05, 3.63) is 57.6 Å². The first-order chi connectivity index (χ1) is 14.3. The lowest BCUT2D eigenvalue weighted by molar-refractivity contribution is -0.384. The Morgan fingerprint density at radius 3 is 2.47 bits per heavy atom. The quantitative estimate of drug-likeness (QED) is 0.556. The van der Waals surface area contributed by atoms with Crippen LogP contribution in [0.3, 0.4) is 0 Å². The van der Waals surface area contributed by atoms with Crippen molar-refractivity contribution in [2.45, 2.75) is 6.18 Å². The largest absolute Gasteiger partial charge is 0.454 e. The average molecular weight is 423 g/mol. The van der Waals surface area contributed by atoms with E-state index in [1.54, 1.807) is 28.0 Å². The lowest BCUT2D eigenvalue weighted by Gasteiger charge is -2.36. The summed E-state index contributed by atoms with van der Waals surface area (Å²) in [6.45, 7) is 1.02. The van der Waals surface area contributed by atoms with Crippen LogP contribution in [0.15, 0.2) is 36.4 Å². The topological polar surface area (TPSA) is 85.2 Å². The molecule has 0 radical (unpaired) electrons. The van der Waals surface area contributed by atoms with E-state index < -0.39 is 22.4 Å². The number of hydrogen-bond acceptors (Lipinski definition) is 6. The fraction of sp³-hybridized carbons (Fsp3) is 0.316. The van der Waals surface area contributed by atoms with E-state index in [9.17, 15) is 28.1 Å². The Kier molecular flexibility index (Phi) is 4.88. The van der Waals surface area contributed by atoms with Crippen LogP contribution in [-0.4, -0.2) is 48.7 Å². The molecule has 158 valence electrons. The number of ether oxygens (including phenoxy) is 2. The molecular formula is C19H16F3N3O5. The maximum atomic E-state index is 12.9. The van der Waals surface area contributed by atoms with E-state index in [4.69, 9.17) is 9.47 Å². The monoisotopic (exact) mass is 423 g/mol. The first-order valence-corrected chi connectivity index (χ1v) is 9.04. The number of rotatable bonds is 3. The highest BCUT2D eigenvalue weighted by Crippen LogP contribution is 2.38. The van der Waals surface area contributed by atoms with Gasteiger partial charge in [0.1, 0.15) is 5.69 Å². The second kappa shape index (κ2) is 7.39. The molecule has 0 bridgehead atoms. The third-order valence-corrected chi connectivity index (χ3v) is 5.03. The van der Waals surface area contributed by atoms with Crippen LogP contribution in [0.25, 0.3) is 0 Å². The van der Waals surface area contributed by atoms with Gasteiger partial charge in [-0.25, -0.2) is 0 Å². The number of alkyl halides is 3. The first kappa shape index (κ1) is 19.8. The molecule has 0 aromatic heterocycles. The van der Waals surface area contributed by atoms with Crippen molar-refractivity contribution >= 4 is 17.3 Å². The number of benzene rings is 2. The van der Waals surface area contributed by atoms with Crippen LogP contribution in [0.5, 0.6) is 11.5 Å². The van der Waals surface area contributed by atoms with Gasteiger partial charge in [-0.3, -0.25) is 14.9 Å². The van der Waals surface area contributed by atoms with E-state index in [0.717, 1.165) is 12.1 Å². The molecule has 8 nitrogen and oxygen atoms in total. The van der Waals surface area contributed by atoms with Crippen LogP contribution in [0, 0.1) is 10.1 Å². The van der Waals surface area contributed by atoms with Gasteiger partial charge in [-0.2, -0.15) is 13.2 Å². The second-order valence-electron chi connectivity index (χ2n) is 6.78. The van der Waals surface area contributed by atoms with Gasteiger partial charge in [0.15, 0.2) is 11.5 Å². The van der Waals surface area contributed by atoms with Gasteiger partial charge in [0, 0.05) is 32.2 Å². The van der Waals surface area contributed by atoms with Crippen LogP contribution in [-0.2, 0) is 6.18 Å². The van der Waals surface area contributed by atoms with Crippen LogP contribution < -0.4 is 14.4 Å². The van der Waals surface area contributed by atoms with E-state index in [1.807, 2.05) is 0 Å². The number of anilines is 1. The van der Waals surface area contributed by atoms with Gasteiger partial charge in [0.25, 0.3) is 11.6 Å². The number of nitro benzene ring substituents is 1. The molecule has 30 heavy (non-hydrogen) atoms. The lowest BCUT2D eigenvalue weighted by Crippen LogP contribution is -2.49. The molecule has 0 aliphatic carbocycles. The zero-order chi connectivity index (χ0) is 21.5. The van der Waals surface area contributed by atoms with E-state index in [-0.39, 0.29) is 44.6 Å². The van der Waals surface area contributed by atoms with E-state index in [0.29, 0.717) is 23.1 Å². The molecule has 1 saturated heterocycles. The molecule has 11 heteroatoms. The summed E-state index contributed by atoms with van der Waals surface area (Å²) in [6, 6.07) is 7.47. The maximum absolute atomic E-state index is 12.9. The van der Waals surface area contributed by atoms with Gasteiger partial charge in [-0.1, -0.05) is 6.07 Å². The van der Waals surface area contributed by atoms with Crippen LogP contribution >= 0.6 is 0 Å². The van der Waals surface area contributed by atoms with Crippen molar-refractivity contribution in [3.63, 3.8) is 0 Å². The van der Waals surface area contributed by atoms with E-state index in [1.165, 1.54) is 0 Å². The Labute approximate surface area is 168 Å². The number of carbonyl (C=O) groups is 1. The third kappa shape index (κ3) is 3.58. The first-order valence-electron chi connectivity index (χ1n) is 9.04. The number of para-hydroxylation sites is 1. The number of carbonyl (C=O) groups excluding carboxylic acids is 1. The summed E-state index contributed by atoms with van der Waals surface area (Å²) in [7, 11) is 0. The number of fused-ring (bicyclic) bond motifs is 1. The number of halogens is 3. The molecule has 0 N–H and O–H groups in total. The molecule has 0 saturated carbocycles. The lowest BCUT2D eigenvalue weighted by atomic mass is 10.1. The fourth-order valence-corrected chi connectivity index (χ4v) is 3.53. The van der Waals surface area contributed by atoms with Crippen LogP contribution in [0.2, 0.25) is 0 Å². The van der Waals surface area contributed by atoms with Crippen molar-refractivity contribution in [1.29, 1.82) is 0 Å². The number of hydrogen-bond donors (Lipinski definition) is 0. The Morgan fingerprint density at radius 2 is 1.80 bits per heavy atom. The molecule has 2 aromatic rings. The Hall–Kier alpha value is -3.50. The van der Waals surface area contributed by atoms with Crippen molar-refractivity contribution in [2.24, 2.45) is 0 Å². The molecule has 0 unspecified atom stereocenters. The average Bonchev–Trinajstić information content (AvgIpc) is 3.21. The highest BCUT2D eigenvalue weighted by Gasteiger charge is 2.35. The van der Waals surface area contributed by atoms with E-state index in [2.05, 4.69) is 0 Å². The number of nitrogens with zero attached hydrogens (tertiary/aromatic N) is 3. The Bertz CT molecular complexity index is 1000. The number of nitro groups is 1. The van der Waals surface area contributed by atoms with Gasteiger partial charge in [-0.05, 0) is 24.3 Å². The minimum absolute atomic E-state index is 0.0327. The van der Waals surface area contributed by atoms with Gasteiger partial charge in [-0.15, -0.1) is 0 Å². The van der Waals surface area contributed by atoms with Crippen LogP contribution in [0.4, 0.5) is 24.5 Å². The highest BCUT2D eigenvalue weighted by molar-refractivity contribution is 5.98. The van der Waals surface area contributed by atoms with Gasteiger partial charge in [0.05, 0.1) is 16.1 Å². The highest BCUT2D eigenvalue weighted by atomic mass is 19.4. The normalized spacial score (nSPS) is 16.0. The molecule has 2 aliphatic rings. The molecule has 0 spiro atoms. The second-order valence-corrected chi connectivity index (χ2v) is 6.78. The van der Waals surface area contributed by atoms with Crippen molar-refractivity contribution in [2.75, 3.05) is 37.9 Å². The zero-order valence-corrected chi connectivity index (χ0v) is 15.5. The molecule has 4 rings (SSSR count). The molecule has 1 fully saturated rings. The van der Waals surface area contributed by atoms with Crippen molar-refractivity contribution in [1.82, 2.24) is 4.90 Å².